The van der Waals surface area contributed by atoms with Crippen molar-refractivity contribution in [2.45, 2.75) is 18.7 Å². The molecule has 0 atom stereocenters. The Morgan fingerprint density at radius 3 is 2.31 bits per heavy atom. The zero-order valence-corrected chi connectivity index (χ0v) is 17.5. The van der Waals surface area contributed by atoms with E-state index in [-0.39, 0.29) is 16.5 Å². The Labute approximate surface area is 174 Å². The van der Waals surface area contributed by atoms with Crippen LogP contribution in [0.3, 0.4) is 0 Å². The summed E-state index contributed by atoms with van der Waals surface area (Å²) in [5, 5.41) is 13.0. The Balaban J connectivity index is 2.06. The van der Waals surface area contributed by atoms with E-state index >= 15 is 0 Å². The normalized spacial score (nSPS) is 11.6. The van der Waals surface area contributed by atoms with Gasteiger partial charge in [-0.3, -0.25) is 4.79 Å². The largest absolute Gasteiger partial charge is 0.350 e. The van der Waals surface area contributed by atoms with Crippen LogP contribution < -0.4 is 10.5 Å². The summed E-state index contributed by atoms with van der Waals surface area (Å²) in [6.07, 6.45) is 0. The van der Waals surface area contributed by atoms with Crippen molar-refractivity contribution in [1.29, 1.82) is 0 Å². The third-order valence-electron chi connectivity index (χ3n) is 4.16. The van der Waals surface area contributed by atoms with Crippen LogP contribution in [0.1, 0.15) is 24.3 Å². The molecule has 0 aliphatic rings. The number of hydrogen-bond donors (Lipinski definition) is 2. The lowest BCUT2D eigenvalue weighted by Crippen LogP contribution is -2.27. The Bertz CT molecular complexity index is 1120. The van der Waals surface area contributed by atoms with Gasteiger partial charge in [-0.2, -0.15) is 5.10 Å². The van der Waals surface area contributed by atoms with Crippen molar-refractivity contribution in [2.24, 2.45) is 11.1 Å². The fraction of sp³-hybridized carbons (Fsp3) is 0.200. The number of primary sulfonamides is 1. The molecular weight excluding hydrogens is 412 g/mol. The Morgan fingerprint density at radius 2 is 1.76 bits per heavy atom. The lowest BCUT2D eigenvalue weighted by molar-refractivity contribution is 0.0943. The number of rotatable bonds is 6. The van der Waals surface area contributed by atoms with Gasteiger partial charge in [0.05, 0.1) is 16.3 Å². The average molecular weight is 433 g/mol. The van der Waals surface area contributed by atoms with Gasteiger partial charge in [-0.1, -0.05) is 37.6 Å². The molecule has 3 aromatic rings. The van der Waals surface area contributed by atoms with Crippen LogP contribution in [0.2, 0.25) is 5.02 Å². The Morgan fingerprint density at radius 1 is 1.14 bits per heavy atom. The molecular formula is C20H21ClN4O3S. The maximum absolute atomic E-state index is 12.5. The summed E-state index contributed by atoms with van der Waals surface area (Å²) in [5.41, 5.74) is 2.32. The van der Waals surface area contributed by atoms with E-state index in [9.17, 15) is 13.2 Å². The lowest BCUT2D eigenvalue weighted by atomic mass is 10.1. The third kappa shape index (κ3) is 5.03. The molecule has 0 unspecified atom stereocenters. The van der Waals surface area contributed by atoms with E-state index in [0.29, 0.717) is 28.9 Å². The van der Waals surface area contributed by atoms with Gasteiger partial charge in [-0.05, 0) is 48.4 Å². The number of carbonyl (C=O) groups excluding carboxylic acids is 1. The molecule has 0 aliphatic carbocycles. The highest BCUT2D eigenvalue weighted by Crippen LogP contribution is 2.26. The highest BCUT2D eigenvalue weighted by atomic mass is 35.5. The first-order chi connectivity index (χ1) is 13.6. The molecule has 152 valence electrons. The monoisotopic (exact) mass is 432 g/mol. The van der Waals surface area contributed by atoms with Crippen LogP contribution in [0.4, 0.5) is 0 Å². The highest BCUT2D eigenvalue weighted by Gasteiger charge is 2.17. The molecule has 7 nitrogen and oxygen atoms in total. The highest BCUT2D eigenvalue weighted by molar-refractivity contribution is 7.89. The molecule has 3 N–H and O–H groups in total. The van der Waals surface area contributed by atoms with E-state index in [4.69, 9.17) is 16.7 Å². The number of hydrogen-bond acceptors (Lipinski definition) is 4. The molecule has 3 rings (SSSR count). The molecule has 1 heterocycles. The molecule has 1 amide bonds. The van der Waals surface area contributed by atoms with Crippen molar-refractivity contribution < 1.29 is 13.2 Å². The first-order valence-electron chi connectivity index (χ1n) is 8.92. The van der Waals surface area contributed by atoms with Crippen molar-refractivity contribution >= 4 is 27.5 Å². The van der Waals surface area contributed by atoms with Gasteiger partial charge in [-0.25, -0.2) is 18.2 Å². The van der Waals surface area contributed by atoms with Gasteiger partial charge in [0.15, 0.2) is 5.69 Å². The van der Waals surface area contributed by atoms with Crippen LogP contribution in [-0.4, -0.2) is 30.7 Å². The summed E-state index contributed by atoms with van der Waals surface area (Å²) in [7, 11) is -3.80. The zero-order valence-electron chi connectivity index (χ0n) is 16.0. The van der Waals surface area contributed by atoms with Crippen molar-refractivity contribution in [2.75, 3.05) is 6.54 Å². The summed E-state index contributed by atoms with van der Waals surface area (Å²) in [6, 6.07) is 14.8. The van der Waals surface area contributed by atoms with Gasteiger partial charge in [0.2, 0.25) is 10.0 Å². The predicted octanol–water partition coefficient (Wildman–Crippen LogP) is 3.23. The van der Waals surface area contributed by atoms with Gasteiger partial charge in [0.25, 0.3) is 5.91 Å². The second-order valence-electron chi connectivity index (χ2n) is 6.98. The molecule has 0 spiro atoms. The lowest BCUT2D eigenvalue weighted by Gasteiger charge is -2.08. The summed E-state index contributed by atoms with van der Waals surface area (Å²) < 4.78 is 24.6. The van der Waals surface area contributed by atoms with Gasteiger partial charge >= 0.3 is 0 Å². The predicted molar refractivity (Wildman–Crippen MR) is 113 cm³/mol. The number of benzene rings is 2. The number of amides is 1. The fourth-order valence-corrected chi connectivity index (χ4v) is 3.32. The van der Waals surface area contributed by atoms with Crippen molar-refractivity contribution in [3.05, 3.63) is 65.3 Å². The number of nitrogens with zero attached hydrogens (tertiary/aromatic N) is 2. The van der Waals surface area contributed by atoms with E-state index in [1.165, 1.54) is 12.1 Å². The molecule has 0 saturated heterocycles. The molecule has 0 saturated carbocycles. The maximum atomic E-state index is 12.5. The number of aromatic nitrogens is 2. The quantitative estimate of drug-likeness (QED) is 0.623. The van der Waals surface area contributed by atoms with Crippen molar-refractivity contribution in [3.63, 3.8) is 0 Å². The minimum Gasteiger partial charge on any atom is -0.350 e. The van der Waals surface area contributed by atoms with Crippen LogP contribution in [-0.2, 0) is 10.0 Å². The number of nitrogens with one attached hydrogen (secondary N) is 1. The smallest absolute Gasteiger partial charge is 0.271 e. The first-order valence-corrected chi connectivity index (χ1v) is 10.8. The van der Waals surface area contributed by atoms with Crippen LogP contribution in [0.25, 0.3) is 16.9 Å². The summed E-state index contributed by atoms with van der Waals surface area (Å²) in [6.45, 7) is 4.54. The van der Waals surface area contributed by atoms with Crippen molar-refractivity contribution in [3.8, 4) is 16.9 Å². The van der Waals surface area contributed by atoms with Crippen LogP contribution >= 0.6 is 11.6 Å². The molecule has 2 aromatic carbocycles. The minimum atomic E-state index is -3.80. The van der Waals surface area contributed by atoms with Gasteiger partial charge in [0, 0.05) is 17.1 Å². The van der Waals surface area contributed by atoms with Gasteiger partial charge in [0.1, 0.15) is 0 Å². The molecule has 0 aliphatic heterocycles. The van der Waals surface area contributed by atoms with Crippen LogP contribution in [0, 0.1) is 5.92 Å². The van der Waals surface area contributed by atoms with Crippen molar-refractivity contribution in [1.82, 2.24) is 15.1 Å². The van der Waals surface area contributed by atoms with Crippen LogP contribution in [0.5, 0.6) is 0 Å². The van der Waals surface area contributed by atoms with E-state index < -0.39 is 10.0 Å². The molecule has 29 heavy (non-hydrogen) atoms. The molecule has 9 heteroatoms. The van der Waals surface area contributed by atoms with Crippen LogP contribution in [0.15, 0.2) is 59.5 Å². The molecule has 0 bridgehead atoms. The second-order valence-corrected chi connectivity index (χ2v) is 8.97. The number of nitrogens with two attached hydrogens (primary N) is 1. The van der Waals surface area contributed by atoms with Gasteiger partial charge < -0.3 is 5.32 Å². The molecule has 0 radical (unpaired) electrons. The number of sulfonamides is 1. The van der Waals surface area contributed by atoms with E-state index in [1.807, 2.05) is 26.0 Å². The SMILES string of the molecule is CC(C)CNC(=O)c1cc(-c2ccc(Cl)cc2)n(-c2ccc(S(N)(=O)=O)cc2)n1. The minimum absolute atomic E-state index is 0.00338. The van der Waals surface area contributed by atoms with E-state index in [0.717, 1.165) is 5.56 Å². The van der Waals surface area contributed by atoms with E-state index in [1.54, 1.807) is 35.0 Å². The third-order valence-corrected chi connectivity index (χ3v) is 5.34. The first kappa shape index (κ1) is 21.0. The maximum Gasteiger partial charge on any atom is 0.271 e. The second kappa shape index (κ2) is 8.36. The summed E-state index contributed by atoms with van der Waals surface area (Å²) >= 11 is 5.99. The average Bonchev–Trinajstić information content (AvgIpc) is 3.11. The Hall–Kier alpha value is -2.68. The standard InChI is InChI=1S/C20H21ClN4O3S/c1-13(2)12-23-20(26)18-11-19(14-3-5-15(21)6-4-14)25(24-18)16-7-9-17(10-8-16)29(22,27)28/h3-11,13H,12H2,1-2H3,(H,23,26)(H2,22,27,28). The zero-order chi connectivity index (χ0) is 21.2. The fourth-order valence-electron chi connectivity index (χ4n) is 2.68. The van der Waals surface area contributed by atoms with E-state index in [2.05, 4.69) is 10.4 Å². The Kier molecular flexibility index (Phi) is 6.07. The molecule has 0 fully saturated rings. The topological polar surface area (TPSA) is 107 Å². The van der Waals surface area contributed by atoms with Gasteiger partial charge in [-0.15, -0.1) is 0 Å². The summed E-state index contributed by atoms with van der Waals surface area (Å²) in [5.74, 6) is 0.0244. The summed E-state index contributed by atoms with van der Waals surface area (Å²) in [4.78, 5) is 12.5. The number of halogens is 1. The number of carbonyl (C=O) groups is 1. The molecule has 1 aromatic heterocycles.